The van der Waals surface area contributed by atoms with Crippen LogP contribution in [-0.4, -0.2) is 49.1 Å². The lowest BCUT2D eigenvalue weighted by atomic mass is 10.1. The van der Waals surface area contributed by atoms with Gasteiger partial charge in [0.05, 0.1) is 30.4 Å². The van der Waals surface area contributed by atoms with Crippen molar-refractivity contribution in [3.8, 4) is 17.2 Å². The molecule has 160 valence electrons. The molecule has 1 unspecified atom stereocenters. The molecule has 1 amide bonds. The molecule has 0 spiro atoms. The van der Waals surface area contributed by atoms with E-state index in [0.717, 1.165) is 30.7 Å². The van der Waals surface area contributed by atoms with Crippen molar-refractivity contribution in [2.24, 2.45) is 4.99 Å². The van der Waals surface area contributed by atoms with Gasteiger partial charge in [0.2, 0.25) is 6.79 Å². The van der Waals surface area contributed by atoms with Crippen LogP contribution >= 0.6 is 11.8 Å². The van der Waals surface area contributed by atoms with Gasteiger partial charge in [0.1, 0.15) is 5.75 Å². The highest BCUT2D eigenvalue weighted by atomic mass is 32.2. The molecule has 0 saturated carbocycles. The number of thioether (sulfide) groups is 1. The van der Waals surface area contributed by atoms with Crippen LogP contribution in [0.5, 0.6) is 17.2 Å². The SMILES string of the molecule is COc1cc2c(cc1C=C1SC(=Nc3ccccc3)N(CC3CCCO3)C1=O)OCO2. The lowest BCUT2D eigenvalue weighted by molar-refractivity contribution is -0.123. The minimum atomic E-state index is -0.0881. The van der Waals surface area contributed by atoms with Crippen molar-refractivity contribution < 1.29 is 23.7 Å². The fourth-order valence-electron chi connectivity index (χ4n) is 3.73. The standard InChI is InChI=1S/C23H22N2O5S/c1-27-18-12-20-19(29-14-30-20)10-15(18)11-21-22(26)25(13-17-8-5-9-28-17)23(31-21)24-16-6-3-2-4-7-16/h2-4,6-7,10-12,17H,5,8-9,13-14H2,1H3. The second-order valence-corrected chi connectivity index (χ2v) is 8.35. The van der Waals surface area contributed by atoms with Gasteiger partial charge in [0.15, 0.2) is 16.7 Å². The molecule has 0 N–H and O–H groups in total. The smallest absolute Gasteiger partial charge is 0.266 e. The molecular formula is C23H22N2O5S. The van der Waals surface area contributed by atoms with E-state index in [1.807, 2.05) is 42.5 Å². The van der Waals surface area contributed by atoms with E-state index in [1.54, 1.807) is 18.1 Å². The zero-order chi connectivity index (χ0) is 21.2. The molecule has 31 heavy (non-hydrogen) atoms. The zero-order valence-electron chi connectivity index (χ0n) is 17.1. The topological polar surface area (TPSA) is 69.6 Å². The normalized spacial score (nSPS) is 22.7. The molecule has 2 fully saturated rings. The highest BCUT2D eigenvalue weighted by Crippen LogP contribution is 2.41. The quantitative estimate of drug-likeness (QED) is 0.652. The maximum atomic E-state index is 13.3. The Kier molecular flexibility index (Phi) is 5.57. The van der Waals surface area contributed by atoms with Gasteiger partial charge in [0, 0.05) is 18.2 Å². The first kappa shape index (κ1) is 20.0. The minimum Gasteiger partial charge on any atom is -0.496 e. The van der Waals surface area contributed by atoms with Gasteiger partial charge in [-0.3, -0.25) is 9.69 Å². The van der Waals surface area contributed by atoms with Crippen LogP contribution < -0.4 is 14.2 Å². The predicted octanol–water partition coefficient (Wildman–Crippen LogP) is 4.21. The monoisotopic (exact) mass is 438 g/mol. The molecule has 0 bridgehead atoms. The molecule has 3 heterocycles. The molecule has 3 aliphatic rings. The zero-order valence-corrected chi connectivity index (χ0v) is 17.9. The van der Waals surface area contributed by atoms with Crippen LogP contribution in [0.15, 0.2) is 52.4 Å². The number of carbonyl (C=O) groups excluding carboxylic acids is 1. The maximum absolute atomic E-state index is 13.3. The number of aliphatic imine (C=N–C) groups is 1. The molecule has 2 aromatic carbocycles. The number of hydrogen-bond acceptors (Lipinski definition) is 7. The number of para-hydroxylation sites is 1. The first-order valence-electron chi connectivity index (χ1n) is 10.2. The highest BCUT2D eigenvalue weighted by Gasteiger charge is 2.36. The van der Waals surface area contributed by atoms with E-state index in [1.165, 1.54) is 11.8 Å². The summed E-state index contributed by atoms with van der Waals surface area (Å²) < 4.78 is 22.2. The van der Waals surface area contributed by atoms with Crippen LogP contribution in [0.4, 0.5) is 5.69 Å². The summed E-state index contributed by atoms with van der Waals surface area (Å²) in [6, 6.07) is 13.3. The first-order chi connectivity index (χ1) is 15.2. The third kappa shape index (κ3) is 4.13. The molecule has 2 aromatic rings. The van der Waals surface area contributed by atoms with E-state index in [2.05, 4.69) is 0 Å². The Labute approximate surface area is 184 Å². The van der Waals surface area contributed by atoms with E-state index >= 15 is 0 Å². The van der Waals surface area contributed by atoms with Crippen LogP contribution in [0.2, 0.25) is 0 Å². The van der Waals surface area contributed by atoms with E-state index in [-0.39, 0.29) is 18.8 Å². The van der Waals surface area contributed by atoms with Gasteiger partial charge in [-0.25, -0.2) is 4.99 Å². The first-order valence-corrected chi connectivity index (χ1v) is 11.0. The number of nitrogens with zero attached hydrogens (tertiary/aromatic N) is 2. The number of ether oxygens (including phenoxy) is 4. The maximum Gasteiger partial charge on any atom is 0.266 e. The van der Waals surface area contributed by atoms with Crippen LogP contribution in [0, 0.1) is 0 Å². The van der Waals surface area contributed by atoms with Gasteiger partial charge in [-0.2, -0.15) is 0 Å². The lowest BCUT2D eigenvalue weighted by Crippen LogP contribution is -2.36. The van der Waals surface area contributed by atoms with Gasteiger partial charge in [-0.05, 0) is 48.9 Å². The summed E-state index contributed by atoms with van der Waals surface area (Å²) in [4.78, 5) is 20.4. The fourth-order valence-corrected chi connectivity index (χ4v) is 4.73. The van der Waals surface area contributed by atoms with Crippen LogP contribution in [0.3, 0.4) is 0 Å². The fraction of sp³-hybridized carbons (Fsp3) is 0.304. The number of carbonyl (C=O) groups is 1. The Bertz CT molecular complexity index is 1050. The minimum absolute atomic E-state index is 0.0324. The molecule has 2 saturated heterocycles. The number of rotatable bonds is 5. The third-order valence-electron chi connectivity index (χ3n) is 5.29. The Morgan fingerprint density at radius 2 is 2.03 bits per heavy atom. The van der Waals surface area contributed by atoms with E-state index < -0.39 is 0 Å². The van der Waals surface area contributed by atoms with Crippen molar-refractivity contribution in [2.75, 3.05) is 27.1 Å². The summed E-state index contributed by atoms with van der Waals surface area (Å²) in [6.45, 7) is 1.41. The molecule has 0 aromatic heterocycles. The van der Waals surface area contributed by atoms with Crippen molar-refractivity contribution in [2.45, 2.75) is 18.9 Å². The number of hydrogen-bond donors (Lipinski definition) is 0. The van der Waals surface area contributed by atoms with Crippen LogP contribution in [0.1, 0.15) is 18.4 Å². The van der Waals surface area contributed by atoms with Crippen LogP contribution in [-0.2, 0) is 9.53 Å². The van der Waals surface area contributed by atoms with Crippen molar-refractivity contribution in [3.05, 3.63) is 52.9 Å². The third-order valence-corrected chi connectivity index (χ3v) is 6.30. The highest BCUT2D eigenvalue weighted by molar-refractivity contribution is 8.18. The van der Waals surface area contributed by atoms with Crippen molar-refractivity contribution in [3.63, 3.8) is 0 Å². The van der Waals surface area contributed by atoms with Gasteiger partial charge >= 0.3 is 0 Å². The summed E-state index contributed by atoms with van der Waals surface area (Å²) in [5, 5.41) is 0.651. The Morgan fingerprint density at radius 3 is 2.77 bits per heavy atom. The van der Waals surface area contributed by atoms with E-state index in [4.69, 9.17) is 23.9 Å². The average Bonchev–Trinajstić information content (AvgIpc) is 3.52. The van der Waals surface area contributed by atoms with E-state index in [9.17, 15) is 4.79 Å². The molecular weight excluding hydrogens is 416 g/mol. The van der Waals surface area contributed by atoms with Crippen molar-refractivity contribution in [1.82, 2.24) is 4.90 Å². The Balaban J connectivity index is 1.49. The summed E-state index contributed by atoms with van der Waals surface area (Å²) in [6.07, 6.45) is 3.82. The average molecular weight is 439 g/mol. The summed E-state index contributed by atoms with van der Waals surface area (Å²) in [7, 11) is 1.59. The number of fused-ring (bicyclic) bond motifs is 1. The molecule has 5 rings (SSSR count). The summed E-state index contributed by atoms with van der Waals surface area (Å²) >= 11 is 1.36. The summed E-state index contributed by atoms with van der Waals surface area (Å²) in [5.41, 5.74) is 1.55. The number of amidine groups is 1. The van der Waals surface area contributed by atoms with Crippen molar-refractivity contribution in [1.29, 1.82) is 0 Å². The molecule has 8 heteroatoms. The van der Waals surface area contributed by atoms with Crippen molar-refractivity contribution >= 4 is 34.6 Å². The number of benzene rings is 2. The van der Waals surface area contributed by atoms with Crippen LogP contribution in [0.25, 0.3) is 6.08 Å². The second kappa shape index (κ2) is 8.64. The van der Waals surface area contributed by atoms with Gasteiger partial charge in [-0.15, -0.1) is 0 Å². The molecule has 3 aliphatic heterocycles. The number of methoxy groups -OCH3 is 1. The molecule has 1 atom stereocenters. The Hall–Kier alpha value is -2.97. The van der Waals surface area contributed by atoms with E-state index in [0.29, 0.717) is 33.9 Å². The van der Waals surface area contributed by atoms with Gasteiger partial charge in [-0.1, -0.05) is 18.2 Å². The molecule has 7 nitrogen and oxygen atoms in total. The molecule has 0 aliphatic carbocycles. The van der Waals surface area contributed by atoms with Gasteiger partial charge < -0.3 is 18.9 Å². The predicted molar refractivity (Wildman–Crippen MR) is 119 cm³/mol. The number of amides is 1. The summed E-state index contributed by atoms with van der Waals surface area (Å²) in [5.74, 6) is 1.80. The van der Waals surface area contributed by atoms with Gasteiger partial charge in [0.25, 0.3) is 5.91 Å². The molecule has 0 radical (unpaired) electrons. The lowest BCUT2D eigenvalue weighted by Gasteiger charge is -2.19. The Morgan fingerprint density at radius 1 is 1.23 bits per heavy atom. The second-order valence-electron chi connectivity index (χ2n) is 7.34. The largest absolute Gasteiger partial charge is 0.496 e.